The van der Waals surface area contributed by atoms with E-state index in [1.807, 2.05) is 36.4 Å². The Bertz CT molecular complexity index is 3290. The number of rotatable bonds is 7. The van der Waals surface area contributed by atoms with Crippen molar-refractivity contribution in [2.24, 2.45) is 0 Å². The van der Waals surface area contributed by atoms with Crippen molar-refractivity contribution in [3.8, 4) is 33.7 Å². The van der Waals surface area contributed by atoms with Crippen LogP contribution in [-0.4, -0.2) is 4.98 Å². The minimum atomic E-state index is -0.476. The Kier molecular flexibility index (Phi) is 7.72. The molecule has 1 aliphatic rings. The lowest BCUT2D eigenvalue weighted by Crippen LogP contribution is -2.28. The number of fused-ring (bicyclic) bond motifs is 7. The van der Waals surface area contributed by atoms with Crippen LogP contribution in [0.2, 0.25) is 0 Å². The van der Waals surface area contributed by atoms with Crippen molar-refractivity contribution in [3.05, 3.63) is 241 Å². The summed E-state index contributed by atoms with van der Waals surface area (Å²) in [5, 5.41) is 2.02. The summed E-state index contributed by atoms with van der Waals surface area (Å²) in [6.45, 7) is 0. The number of aromatic nitrogens is 1. The second kappa shape index (κ2) is 13.6. The summed E-state index contributed by atoms with van der Waals surface area (Å²) in [5.74, 6) is 0.587. The molecule has 1 aliphatic carbocycles. The molecule has 0 spiro atoms. The fourth-order valence-corrected chi connectivity index (χ4v) is 9.49. The van der Waals surface area contributed by atoms with Gasteiger partial charge in [0, 0.05) is 33.4 Å². The highest BCUT2D eigenvalue weighted by molar-refractivity contribution is 6.08. The standard InChI is InChI=1S/C56H36N2O2/c1-4-14-37(15-5-1)38-24-27-42(28-25-38)58(44-30-33-53-48(36-44)47-34-39(26-32-52(47)59-53)55-57-51-22-12-13-23-54(51)60-55)43-29-31-50-46(35-43)45-20-10-11-21-49(45)56(50,40-16-6-2-7-17-40)41-18-8-3-9-19-41/h1-36H. The molecule has 4 nitrogen and oxygen atoms in total. The fourth-order valence-electron chi connectivity index (χ4n) is 9.49. The molecule has 2 heterocycles. The number of hydrogen-bond donors (Lipinski definition) is 0. The first-order chi connectivity index (χ1) is 29.7. The molecule has 0 atom stereocenters. The molecule has 12 rings (SSSR count). The maximum absolute atomic E-state index is 6.45. The first-order valence-corrected chi connectivity index (χ1v) is 20.4. The zero-order valence-electron chi connectivity index (χ0n) is 32.5. The molecule has 0 saturated heterocycles. The topological polar surface area (TPSA) is 42.4 Å². The quantitative estimate of drug-likeness (QED) is 0.162. The maximum atomic E-state index is 6.45. The molecule has 0 unspecified atom stereocenters. The van der Waals surface area contributed by atoms with E-state index in [4.69, 9.17) is 13.8 Å². The molecular weight excluding hydrogens is 733 g/mol. The van der Waals surface area contributed by atoms with Gasteiger partial charge in [-0.15, -0.1) is 0 Å². The summed E-state index contributed by atoms with van der Waals surface area (Å²) in [6, 6.07) is 77.8. The van der Waals surface area contributed by atoms with Crippen LogP contribution < -0.4 is 4.90 Å². The van der Waals surface area contributed by atoms with E-state index in [2.05, 4.69) is 187 Å². The molecule has 0 amide bonds. The van der Waals surface area contributed by atoms with Crippen molar-refractivity contribution in [2.75, 3.05) is 4.90 Å². The number of hydrogen-bond acceptors (Lipinski definition) is 4. The third-order valence-electron chi connectivity index (χ3n) is 12.2. The fraction of sp³-hybridized carbons (Fsp3) is 0.0179. The van der Waals surface area contributed by atoms with Crippen LogP contribution in [0.5, 0.6) is 0 Å². The summed E-state index contributed by atoms with van der Waals surface area (Å²) in [5.41, 5.74) is 16.7. The van der Waals surface area contributed by atoms with Gasteiger partial charge >= 0.3 is 0 Å². The third-order valence-corrected chi connectivity index (χ3v) is 12.2. The van der Waals surface area contributed by atoms with Crippen LogP contribution in [0, 0.1) is 0 Å². The van der Waals surface area contributed by atoms with Crippen molar-refractivity contribution in [2.45, 2.75) is 5.41 Å². The summed E-state index contributed by atoms with van der Waals surface area (Å²) < 4.78 is 12.6. The SMILES string of the molecule is c1ccc(-c2ccc(N(c3ccc4c(c3)-c3ccccc3C4(c3ccccc3)c3ccccc3)c3ccc4oc5ccc(-c6nc7ccccc7o6)cc5c4c3)cc2)cc1. The number of anilines is 3. The number of para-hydroxylation sites is 2. The van der Waals surface area contributed by atoms with Crippen molar-refractivity contribution >= 4 is 50.1 Å². The highest BCUT2D eigenvalue weighted by atomic mass is 16.3. The lowest BCUT2D eigenvalue weighted by molar-refractivity contribution is 0.620. The zero-order valence-corrected chi connectivity index (χ0v) is 32.5. The molecule has 0 saturated carbocycles. The lowest BCUT2D eigenvalue weighted by Gasteiger charge is -2.34. The predicted molar refractivity (Wildman–Crippen MR) is 244 cm³/mol. The highest BCUT2D eigenvalue weighted by Gasteiger charge is 2.46. The number of nitrogens with zero attached hydrogens (tertiary/aromatic N) is 2. The van der Waals surface area contributed by atoms with Gasteiger partial charge in [-0.25, -0.2) is 4.98 Å². The van der Waals surface area contributed by atoms with Gasteiger partial charge in [-0.05, 0) is 117 Å². The summed E-state index contributed by atoms with van der Waals surface area (Å²) in [4.78, 5) is 7.16. The summed E-state index contributed by atoms with van der Waals surface area (Å²) in [7, 11) is 0. The van der Waals surface area contributed by atoms with E-state index < -0.39 is 5.41 Å². The van der Waals surface area contributed by atoms with E-state index in [1.165, 1.54) is 44.5 Å². The van der Waals surface area contributed by atoms with E-state index in [0.717, 1.165) is 55.7 Å². The Morgan fingerprint density at radius 2 is 0.917 bits per heavy atom. The average molecular weight is 769 g/mol. The van der Waals surface area contributed by atoms with Gasteiger partial charge in [-0.2, -0.15) is 0 Å². The molecular formula is C56H36N2O2. The van der Waals surface area contributed by atoms with E-state index in [-0.39, 0.29) is 0 Å². The highest BCUT2D eigenvalue weighted by Crippen LogP contribution is 2.57. The second-order valence-electron chi connectivity index (χ2n) is 15.5. The van der Waals surface area contributed by atoms with E-state index in [1.54, 1.807) is 0 Å². The first kappa shape index (κ1) is 34.1. The van der Waals surface area contributed by atoms with Crippen LogP contribution in [-0.2, 0) is 5.41 Å². The van der Waals surface area contributed by atoms with Crippen LogP contribution in [0.3, 0.4) is 0 Å². The summed E-state index contributed by atoms with van der Waals surface area (Å²) in [6.07, 6.45) is 0. The third kappa shape index (κ3) is 5.28. The molecule has 11 aromatic rings. The van der Waals surface area contributed by atoms with Crippen LogP contribution in [0.1, 0.15) is 22.3 Å². The number of oxazole rings is 1. The van der Waals surface area contributed by atoms with E-state index in [0.29, 0.717) is 5.89 Å². The monoisotopic (exact) mass is 768 g/mol. The molecule has 282 valence electrons. The minimum Gasteiger partial charge on any atom is -0.456 e. The van der Waals surface area contributed by atoms with Crippen molar-refractivity contribution in [3.63, 3.8) is 0 Å². The first-order valence-electron chi connectivity index (χ1n) is 20.4. The largest absolute Gasteiger partial charge is 0.456 e. The van der Waals surface area contributed by atoms with Gasteiger partial charge in [0.05, 0.1) is 5.41 Å². The molecule has 2 aromatic heterocycles. The Balaban J connectivity index is 1.06. The van der Waals surface area contributed by atoms with E-state index >= 15 is 0 Å². The normalized spacial score (nSPS) is 12.8. The molecule has 9 aromatic carbocycles. The molecule has 0 radical (unpaired) electrons. The molecule has 0 fully saturated rings. The zero-order chi connectivity index (χ0) is 39.6. The van der Waals surface area contributed by atoms with Crippen molar-refractivity contribution in [1.82, 2.24) is 4.98 Å². The van der Waals surface area contributed by atoms with Crippen molar-refractivity contribution in [1.29, 1.82) is 0 Å². The van der Waals surface area contributed by atoms with Crippen LogP contribution in [0.4, 0.5) is 17.1 Å². The lowest BCUT2D eigenvalue weighted by atomic mass is 9.68. The Morgan fingerprint density at radius 1 is 0.367 bits per heavy atom. The van der Waals surface area contributed by atoms with Crippen molar-refractivity contribution < 1.29 is 8.83 Å². The minimum absolute atomic E-state index is 0.476. The van der Waals surface area contributed by atoms with Crippen LogP contribution in [0.15, 0.2) is 227 Å². The molecule has 0 aliphatic heterocycles. The van der Waals surface area contributed by atoms with Gasteiger partial charge < -0.3 is 13.7 Å². The molecule has 4 heteroatoms. The molecule has 0 bridgehead atoms. The molecule has 60 heavy (non-hydrogen) atoms. The van der Waals surface area contributed by atoms with Gasteiger partial charge in [0.15, 0.2) is 5.58 Å². The van der Waals surface area contributed by atoms with Gasteiger partial charge in [0.1, 0.15) is 16.7 Å². The van der Waals surface area contributed by atoms with E-state index in [9.17, 15) is 0 Å². The Morgan fingerprint density at radius 3 is 1.67 bits per heavy atom. The number of benzene rings is 9. The predicted octanol–water partition coefficient (Wildman–Crippen LogP) is 14.9. The van der Waals surface area contributed by atoms with Gasteiger partial charge in [0.25, 0.3) is 0 Å². The summed E-state index contributed by atoms with van der Waals surface area (Å²) >= 11 is 0. The smallest absolute Gasteiger partial charge is 0.227 e. The van der Waals surface area contributed by atoms with Gasteiger partial charge in [0.2, 0.25) is 5.89 Å². The second-order valence-corrected chi connectivity index (χ2v) is 15.5. The van der Waals surface area contributed by atoms with Gasteiger partial charge in [-0.1, -0.05) is 146 Å². The van der Waals surface area contributed by atoms with Gasteiger partial charge in [-0.3, -0.25) is 0 Å². The average Bonchev–Trinajstić information content (AvgIpc) is 4.01. The van der Waals surface area contributed by atoms with Crippen LogP contribution >= 0.6 is 0 Å². The Labute approximate surface area is 347 Å². The maximum Gasteiger partial charge on any atom is 0.227 e. The number of furan rings is 1. The molecule has 0 N–H and O–H groups in total. The van der Waals surface area contributed by atoms with Crippen LogP contribution in [0.25, 0.3) is 66.7 Å². The Hall–Kier alpha value is -7.95.